The minimum atomic E-state index is -4.29. The Kier molecular flexibility index (Phi) is 8.80. The first-order valence-corrected chi connectivity index (χ1v) is 16.3. The fraction of sp³-hybridized carbons (Fsp3) is 0.533. The summed E-state index contributed by atoms with van der Waals surface area (Å²) in [5.41, 5.74) is 0.697. The molecule has 0 aliphatic heterocycles. The molecule has 10 nitrogen and oxygen atoms in total. The quantitative estimate of drug-likeness (QED) is 0.184. The second kappa shape index (κ2) is 12.2. The van der Waals surface area contributed by atoms with Gasteiger partial charge in [-0.05, 0) is 86.3 Å². The monoisotopic (exact) mass is 615 g/mol. The molecule has 5 rings (SSSR count). The molecular weight excluding hydrogens is 578 g/mol. The molecule has 0 aromatic carbocycles. The van der Waals surface area contributed by atoms with Crippen LogP contribution in [0.1, 0.15) is 82.5 Å². The molecule has 0 radical (unpaired) electrons. The van der Waals surface area contributed by atoms with E-state index in [-0.39, 0.29) is 21.6 Å². The number of rotatable bonds is 13. The molecule has 12 heteroatoms. The van der Waals surface area contributed by atoms with Gasteiger partial charge in [0.05, 0.1) is 18.8 Å². The summed E-state index contributed by atoms with van der Waals surface area (Å²) >= 11 is 6.28. The Morgan fingerprint density at radius 2 is 1.83 bits per heavy atom. The van der Waals surface area contributed by atoms with E-state index in [1.165, 1.54) is 61.1 Å². The van der Waals surface area contributed by atoms with Crippen LogP contribution in [0.15, 0.2) is 47.6 Å². The molecule has 1 atom stereocenters. The molecule has 0 bridgehead atoms. The lowest BCUT2D eigenvalue weighted by Crippen LogP contribution is -2.31. The van der Waals surface area contributed by atoms with Crippen LogP contribution in [0.5, 0.6) is 11.8 Å². The van der Waals surface area contributed by atoms with E-state index in [2.05, 4.69) is 35.8 Å². The lowest BCUT2D eigenvalue weighted by atomic mass is 9.89. The first-order chi connectivity index (χ1) is 19.9. The summed E-state index contributed by atoms with van der Waals surface area (Å²) in [6.07, 6.45) is 10.7. The van der Waals surface area contributed by atoms with E-state index >= 15 is 0 Å². The summed E-state index contributed by atoms with van der Waals surface area (Å²) in [4.78, 5) is 21.2. The van der Waals surface area contributed by atoms with Crippen molar-refractivity contribution in [2.75, 3.05) is 13.2 Å². The van der Waals surface area contributed by atoms with Gasteiger partial charge in [-0.15, -0.1) is 5.10 Å². The Balaban J connectivity index is 1.15. The van der Waals surface area contributed by atoms with Crippen molar-refractivity contribution in [3.05, 3.63) is 53.3 Å². The Bertz CT molecular complexity index is 1540. The fourth-order valence-corrected chi connectivity index (χ4v) is 6.49. The van der Waals surface area contributed by atoms with Gasteiger partial charge in [-0.25, -0.2) is 14.4 Å². The average Bonchev–Trinajstić information content (AvgIpc) is 3.31. The molecule has 2 aliphatic rings. The maximum Gasteiger partial charge on any atom is 0.281 e. The zero-order valence-electron chi connectivity index (χ0n) is 24.3. The smallest absolute Gasteiger partial charge is 0.281 e. The highest BCUT2D eigenvalue weighted by Gasteiger charge is 2.36. The van der Waals surface area contributed by atoms with Crippen LogP contribution in [-0.2, 0) is 10.0 Å². The number of hydrogen-bond donors (Lipinski definition) is 1. The van der Waals surface area contributed by atoms with E-state index in [4.69, 9.17) is 21.1 Å². The Morgan fingerprint density at radius 3 is 2.55 bits per heavy atom. The largest absolute Gasteiger partial charge is 0.478 e. The summed E-state index contributed by atoms with van der Waals surface area (Å²) in [5, 5.41) is 3.85. The molecule has 1 amide bonds. The van der Waals surface area contributed by atoms with Gasteiger partial charge in [0.25, 0.3) is 15.9 Å². The molecule has 3 aromatic heterocycles. The number of hydrogen-bond acceptors (Lipinski definition) is 8. The normalized spacial score (nSPS) is 18.9. The number of pyridine rings is 2. The molecular formula is C30H38ClN5O5S. The van der Waals surface area contributed by atoms with Crippen LogP contribution in [0.2, 0.25) is 5.15 Å². The van der Waals surface area contributed by atoms with Gasteiger partial charge in [0.1, 0.15) is 5.15 Å². The average molecular weight is 616 g/mol. The van der Waals surface area contributed by atoms with Crippen molar-refractivity contribution in [3.8, 4) is 17.6 Å². The third-order valence-corrected chi connectivity index (χ3v) is 9.74. The van der Waals surface area contributed by atoms with Gasteiger partial charge in [-0.2, -0.15) is 13.4 Å². The predicted octanol–water partition coefficient (Wildman–Crippen LogP) is 5.99. The van der Waals surface area contributed by atoms with Gasteiger partial charge >= 0.3 is 0 Å². The first-order valence-electron chi connectivity index (χ1n) is 14.4. The Morgan fingerprint density at radius 1 is 1.05 bits per heavy atom. The van der Waals surface area contributed by atoms with Crippen molar-refractivity contribution in [1.29, 1.82) is 0 Å². The standard InChI is InChI=1S/C30H38ClN5O5S/c1-29(2)13-11-21(20-29)6-5-18-40-24-7-4-8-26(33-24)42(38,39)35-28(37)22-9-10-23(32-27(22)31)36-17-12-25(34-36)41-19-16-30(3)14-15-30/h4,7-10,12,17,21H,5-6,11,13-16,18-20H2,1-3H3,(H,35,37). The second-order valence-electron chi connectivity index (χ2n) is 12.5. The molecule has 1 N–H and O–H groups in total. The van der Waals surface area contributed by atoms with Crippen molar-refractivity contribution < 1.29 is 22.7 Å². The number of ether oxygens (including phenoxy) is 2. The van der Waals surface area contributed by atoms with E-state index < -0.39 is 15.9 Å². The number of aromatic nitrogens is 4. The topological polar surface area (TPSA) is 125 Å². The Hall–Kier alpha value is -3.18. The zero-order chi connectivity index (χ0) is 30.0. The van der Waals surface area contributed by atoms with E-state index in [1.807, 2.05) is 4.72 Å². The number of sulfonamides is 1. The molecule has 3 heterocycles. The Labute approximate surface area is 252 Å². The number of carbonyl (C=O) groups is 1. The van der Waals surface area contributed by atoms with Crippen molar-refractivity contribution in [1.82, 2.24) is 24.5 Å². The minimum Gasteiger partial charge on any atom is -0.478 e. The molecule has 2 aliphatic carbocycles. The SMILES string of the molecule is CC1(C)CCC(CCCOc2cccc(S(=O)(=O)NC(=O)c3ccc(-n4ccc(OCCC5(C)CC5)n4)nc3Cl)n2)C1. The van der Waals surface area contributed by atoms with Gasteiger partial charge in [-0.1, -0.05) is 38.4 Å². The number of nitrogens with one attached hydrogen (secondary N) is 1. The highest BCUT2D eigenvalue weighted by Crippen LogP contribution is 2.48. The van der Waals surface area contributed by atoms with Gasteiger partial charge in [0.2, 0.25) is 11.8 Å². The molecule has 0 spiro atoms. The highest BCUT2D eigenvalue weighted by atomic mass is 35.5. The van der Waals surface area contributed by atoms with Gasteiger partial charge < -0.3 is 9.47 Å². The number of carbonyl (C=O) groups excluding carboxylic acids is 1. The van der Waals surface area contributed by atoms with Crippen molar-refractivity contribution in [2.24, 2.45) is 16.7 Å². The van der Waals surface area contributed by atoms with E-state index in [9.17, 15) is 13.2 Å². The maximum atomic E-state index is 12.9. The third kappa shape index (κ3) is 7.80. The molecule has 2 fully saturated rings. The van der Waals surface area contributed by atoms with Crippen LogP contribution in [0.3, 0.4) is 0 Å². The summed E-state index contributed by atoms with van der Waals surface area (Å²) in [6.45, 7) is 7.88. The summed E-state index contributed by atoms with van der Waals surface area (Å²) < 4.78 is 40.8. The van der Waals surface area contributed by atoms with Crippen LogP contribution in [0.4, 0.5) is 0 Å². The maximum absolute atomic E-state index is 12.9. The third-order valence-electron chi connectivity index (χ3n) is 8.21. The summed E-state index contributed by atoms with van der Waals surface area (Å²) in [6, 6.07) is 9.06. The summed E-state index contributed by atoms with van der Waals surface area (Å²) in [5.74, 6) is 0.772. The molecule has 0 saturated heterocycles. The molecule has 226 valence electrons. The van der Waals surface area contributed by atoms with Crippen LogP contribution < -0.4 is 14.2 Å². The second-order valence-corrected chi connectivity index (χ2v) is 14.5. The van der Waals surface area contributed by atoms with E-state index in [0.29, 0.717) is 41.7 Å². The van der Waals surface area contributed by atoms with Crippen molar-refractivity contribution in [3.63, 3.8) is 0 Å². The first kappa shape index (κ1) is 30.3. The molecule has 1 unspecified atom stereocenters. The van der Waals surface area contributed by atoms with Gasteiger partial charge in [0.15, 0.2) is 10.8 Å². The number of amides is 1. The van der Waals surface area contributed by atoms with Gasteiger partial charge in [-0.3, -0.25) is 4.79 Å². The lowest BCUT2D eigenvalue weighted by molar-refractivity contribution is 0.0981. The lowest BCUT2D eigenvalue weighted by Gasteiger charge is -2.17. The highest BCUT2D eigenvalue weighted by molar-refractivity contribution is 7.90. The van der Waals surface area contributed by atoms with Crippen LogP contribution in [0.25, 0.3) is 5.82 Å². The number of nitrogens with zero attached hydrogens (tertiary/aromatic N) is 4. The molecule has 2 saturated carbocycles. The zero-order valence-corrected chi connectivity index (χ0v) is 25.9. The summed E-state index contributed by atoms with van der Waals surface area (Å²) in [7, 11) is -4.29. The predicted molar refractivity (Wildman–Crippen MR) is 159 cm³/mol. The van der Waals surface area contributed by atoms with Crippen LogP contribution in [0, 0.1) is 16.7 Å². The van der Waals surface area contributed by atoms with Crippen molar-refractivity contribution >= 4 is 27.5 Å². The minimum absolute atomic E-state index is 0.104. The number of halogens is 1. The van der Waals surface area contributed by atoms with Gasteiger partial charge in [0, 0.05) is 18.3 Å². The van der Waals surface area contributed by atoms with Crippen LogP contribution >= 0.6 is 11.6 Å². The van der Waals surface area contributed by atoms with Crippen LogP contribution in [-0.4, -0.2) is 47.3 Å². The van der Waals surface area contributed by atoms with E-state index in [0.717, 1.165) is 19.3 Å². The van der Waals surface area contributed by atoms with Crippen molar-refractivity contribution in [2.45, 2.75) is 77.2 Å². The molecule has 42 heavy (non-hydrogen) atoms. The fourth-order valence-electron chi connectivity index (χ4n) is 5.33. The molecule has 3 aromatic rings. The van der Waals surface area contributed by atoms with E-state index in [1.54, 1.807) is 18.3 Å².